The van der Waals surface area contributed by atoms with Gasteiger partial charge < -0.3 is 14.5 Å². The summed E-state index contributed by atoms with van der Waals surface area (Å²) in [5, 5.41) is 0. The number of nitrogens with two attached hydrogens (primary N) is 1. The van der Waals surface area contributed by atoms with E-state index in [2.05, 4.69) is 37.9 Å². The van der Waals surface area contributed by atoms with Gasteiger partial charge in [-0.3, -0.25) is 0 Å². The highest BCUT2D eigenvalue weighted by Crippen LogP contribution is 2.35. The fraction of sp³-hybridized carbons (Fsp3) is 0.538. The standard InChI is InChI=1S/C13H20N2O2/c1-13(2,9-17-14)10-4-5-12-11(8-10)15(3)6-7-16-12/h4-5,8H,6-7,9,14H2,1-3H3. The Morgan fingerprint density at radius 1 is 1.47 bits per heavy atom. The second-order valence-corrected chi connectivity index (χ2v) is 5.15. The SMILES string of the molecule is CN1CCOc2ccc(C(C)(C)CON)cc21. The Morgan fingerprint density at radius 3 is 2.94 bits per heavy atom. The van der Waals surface area contributed by atoms with Gasteiger partial charge in [-0.2, -0.15) is 0 Å². The van der Waals surface area contributed by atoms with Crippen molar-refractivity contribution in [1.82, 2.24) is 0 Å². The first-order valence-electron chi connectivity index (χ1n) is 5.85. The first-order chi connectivity index (χ1) is 8.04. The van der Waals surface area contributed by atoms with E-state index in [1.807, 2.05) is 6.07 Å². The molecule has 0 saturated heterocycles. The summed E-state index contributed by atoms with van der Waals surface area (Å²) >= 11 is 0. The van der Waals surface area contributed by atoms with Gasteiger partial charge in [0.15, 0.2) is 0 Å². The second-order valence-electron chi connectivity index (χ2n) is 5.15. The van der Waals surface area contributed by atoms with Crippen LogP contribution in [0.5, 0.6) is 5.75 Å². The van der Waals surface area contributed by atoms with Crippen LogP contribution in [-0.2, 0) is 10.3 Å². The van der Waals surface area contributed by atoms with E-state index in [-0.39, 0.29) is 5.41 Å². The zero-order valence-corrected chi connectivity index (χ0v) is 10.7. The molecule has 1 aliphatic heterocycles. The van der Waals surface area contributed by atoms with Crippen LogP contribution in [0.25, 0.3) is 0 Å². The molecule has 4 nitrogen and oxygen atoms in total. The zero-order valence-electron chi connectivity index (χ0n) is 10.7. The summed E-state index contributed by atoms with van der Waals surface area (Å²) in [5.41, 5.74) is 2.25. The monoisotopic (exact) mass is 236 g/mol. The predicted molar refractivity (Wildman–Crippen MR) is 68.4 cm³/mol. The number of hydrogen-bond donors (Lipinski definition) is 1. The van der Waals surface area contributed by atoms with E-state index in [0.717, 1.165) is 24.6 Å². The van der Waals surface area contributed by atoms with Crippen LogP contribution in [0.15, 0.2) is 18.2 Å². The van der Waals surface area contributed by atoms with E-state index in [9.17, 15) is 0 Å². The average Bonchev–Trinajstić information content (AvgIpc) is 2.29. The molecule has 0 bridgehead atoms. The van der Waals surface area contributed by atoms with Gasteiger partial charge in [-0.15, -0.1) is 0 Å². The third-order valence-corrected chi connectivity index (χ3v) is 3.28. The predicted octanol–water partition coefficient (Wildman–Crippen LogP) is 1.68. The summed E-state index contributed by atoms with van der Waals surface area (Å²) in [5.74, 6) is 6.13. The molecule has 0 atom stereocenters. The Morgan fingerprint density at radius 2 is 2.24 bits per heavy atom. The summed E-state index contributed by atoms with van der Waals surface area (Å²) in [6, 6.07) is 6.27. The van der Waals surface area contributed by atoms with E-state index in [1.54, 1.807) is 0 Å². The minimum atomic E-state index is -0.0952. The molecule has 0 unspecified atom stereocenters. The van der Waals surface area contributed by atoms with Crippen LogP contribution in [0.4, 0.5) is 5.69 Å². The Hall–Kier alpha value is -1.26. The van der Waals surface area contributed by atoms with Gasteiger partial charge in [0, 0.05) is 12.5 Å². The molecule has 0 fully saturated rings. The Bertz CT molecular complexity index is 404. The van der Waals surface area contributed by atoms with Gasteiger partial charge in [-0.25, -0.2) is 5.90 Å². The molecule has 0 saturated carbocycles. The maximum atomic E-state index is 5.62. The Balaban J connectivity index is 2.35. The third-order valence-electron chi connectivity index (χ3n) is 3.28. The lowest BCUT2D eigenvalue weighted by molar-refractivity contribution is 0.0964. The topological polar surface area (TPSA) is 47.7 Å². The van der Waals surface area contributed by atoms with Crippen LogP contribution in [0.1, 0.15) is 19.4 Å². The van der Waals surface area contributed by atoms with Crippen LogP contribution in [0, 0.1) is 0 Å². The van der Waals surface area contributed by atoms with Gasteiger partial charge in [0.25, 0.3) is 0 Å². The summed E-state index contributed by atoms with van der Waals surface area (Å²) < 4.78 is 5.62. The number of ether oxygens (including phenoxy) is 1. The first kappa shape index (κ1) is 12.2. The summed E-state index contributed by atoms with van der Waals surface area (Å²) in [6.45, 7) is 6.40. The van der Waals surface area contributed by atoms with Crippen molar-refractivity contribution in [2.24, 2.45) is 5.90 Å². The maximum Gasteiger partial charge on any atom is 0.142 e. The van der Waals surface area contributed by atoms with Crippen molar-refractivity contribution in [3.05, 3.63) is 23.8 Å². The number of nitrogens with zero attached hydrogens (tertiary/aromatic N) is 1. The minimum Gasteiger partial charge on any atom is -0.490 e. The summed E-state index contributed by atoms with van der Waals surface area (Å²) in [4.78, 5) is 7.00. The van der Waals surface area contributed by atoms with Crippen molar-refractivity contribution in [3.63, 3.8) is 0 Å². The highest BCUT2D eigenvalue weighted by atomic mass is 16.6. The van der Waals surface area contributed by atoms with Crippen LogP contribution in [-0.4, -0.2) is 26.8 Å². The quantitative estimate of drug-likeness (QED) is 0.811. The van der Waals surface area contributed by atoms with Crippen LogP contribution < -0.4 is 15.5 Å². The van der Waals surface area contributed by atoms with E-state index < -0.39 is 0 Å². The molecule has 2 rings (SSSR count). The molecule has 0 aromatic heterocycles. The Labute approximate surface area is 102 Å². The highest BCUT2D eigenvalue weighted by molar-refractivity contribution is 5.61. The van der Waals surface area contributed by atoms with Gasteiger partial charge >= 0.3 is 0 Å². The molecule has 17 heavy (non-hydrogen) atoms. The summed E-state index contributed by atoms with van der Waals surface area (Å²) in [6.07, 6.45) is 0. The van der Waals surface area contributed by atoms with Gasteiger partial charge in [0.2, 0.25) is 0 Å². The highest BCUT2D eigenvalue weighted by Gasteiger charge is 2.24. The van der Waals surface area contributed by atoms with E-state index in [0.29, 0.717) is 6.61 Å². The first-order valence-corrected chi connectivity index (χ1v) is 5.85. The average molecular weight is 236 g/mol. The normalized spacial score (nSPS) is 15.4. The molecule has 2 N–H and O–H groups in total. The van der Waals surface area contributed by atoms with Crippen LogP contribution in [0.3, 0.4) is 0 Å². The molecule has 0 radical (unpaired) electrons. The molecule has 1 heterocycles. The smallest absolute Gasteiger partial charge is 0.142 e. The molecule has 4 heteroatoms. The molecule has 94 valence electrons. The van der Waals surface area contributed by atoms with Gasteiger partial charge in [-0.05, 0) is 17.7 Å². The van der Waals surface area contributed by atoms with Crippen molar-refractivity contribution in [1.29, 1.82) is 0 Å². The lowest BCUT2D eigenvalue weighted by Crippen LogP contribution is -2.30. The fourth-order valence-electron chi connectivity index (χ4n) is 2.06. The molecular formula is C13H20N2O2. The van der Waals surface area contributed by atoms with E-state index in [4.69, 9.17) is 15.5 Å². The van der Waals surface area contributed by atoms with Gasteiger partial charge in [-0.1, -0.05) is 19.9 Å². The lowest BCUT2D eigenvalue weighted by Gasteiger charge is -2.31. The molecule has 0 aliphatic carbocycles. The molecular weight excluding hydrogens is 216 g/mol. The zero-order chi connectivity index (χ0) is 12.5. The van der Waals surface area contributed by atoms with E-state index in [1.165, 1.54) is 5.56 Å². The number of likely N-dealkylation sites (N-methyl/N-ethyl adjacent to an activating group) is 1. The number of anilines is 1. The van der Waals surface area contributed by atoms with Crippen LogP contribution >= 0.6 is 0 Å². The van der Waals surface area contributed by atoms with E-state index >= 15 is 0 Å². The van der Waals surface area contributed by atoms with Crippen molar-refractivity contribution >= 4 is 5.69 Å². The van der Waals surface area contributed by atoms with Crippen molar-refractivity contribution < 1.29 is 9.57 Å². The largest absolute Gasteiger partial charge is 0.490 e. The fourth-order valence-corrected chi connectivity index (χ4v) is 2.06. The number of hydrogen-bond acceptors (Lipinski definition) is 4. The molecule has 1 aromatic rings. The maximum absolute atomic E-state index is 5.62. The van der Waals surface area contributed by atoms with Crippen molar-refractivity contribution in [2.45, 2.75) is 19.3 Å². The van der Waals surface area contributed by atoms with Gasteiger partial charge in [0.1, 0.15) is 12.4 Å². The second kappa shape index (κ2) is 4.55. The molecule has 1 aromatic carbocycles. The molecule has 1 aliphatic rings. The molecule has 0 amide bonds. The molecule has 0 spiro atoms. The number of benzene rings is 1. The van der Waals surface area contributed by atoms with Crippen molar-refractivity contribution in [3.8, 4) is 5.75 Å². The number of rotatable bonds is 3. The Kier molecular flexibility index (Phi) is 3.26. The number of fused-ring (bicyclic) bond motifs is 1. The lowest BCUT2D eigenvalue weighted by atomic mass is 9.85. The third kappa shape index (κ3) is 2.37. The van der Waals surface area contributed by atoms with Gasteiger partial charge in [0.05, 0.1) is 18.8 Å². The van der Waals surface area contributed by atoms with Crippen LogP contribution in [0.2, 0.25) is 0 Å². The minimum absolute atomic E-state index is 0.0952. The van der Waals surface area contributed by atoms with Crippen molar-refractivity contribution in [2.75, 3.05) is 31.7 Å². The summed E-state index contributed by atoms with van der Waals surface area (Å²) in [7, 11) is 2.08.